The maximum atomic E-state index is 8.63. The van der Waals surface area contributed by atoms with E-state index in [4.69, 9.17) is 27.7 Å². The fraction of sp³-hybridized carbons (Fsp3) is 1.00. The molecule has 0 saturated carbocycles. The molecule has 1 atom stereocenters. The molecule has 0 radical (unpaired) electrons. The van der Waals surface area contributed by atoms with Crippen molar-refractivity contribution in [2.75, 3.05) is 13.2 Å². The first-order chi connectivity index (χ1) is 4.81. The maximum Gasteiger partial charge on any atom is 0.215 e. The summed E-state index contributed by atoms with van der Waals surface area (Å²) in [5, 5.41) is 16.4. The minimum Gasteiger partial charge on any atom is -0.726 e. The van der Waals surface area contributed by atoms with Crippen LogP contribution in [0.4, 0.5) is 0 Å². The van der Waals surface area contributed by atoms with E-state index >= 15 is 0 Å². The van der Waals surface area contributed by atoms with Gasteiger partial charge in [0.1, 0.15) is 12.6 Å². The van der Waals surface area contributed by atoms with Crippen LogP contribution in [0.2, 0.25) is 0 Å². The first-order valence-electron chi connectivity index (χ1n) is 2.57. The van der Waals surface area contributed by atoms with Gasteiger partial charge in [-0.05, 0) is 0 Å². The summed E-state index contributed by atoms with van der Waals surface area (Å²) >= 11 is 0. The fourth-order valence-electron chi connectivity index (χ4n) is 0.0913. The molecule has 1 unspecified atom stereocenters. The Morgan fingerprint density at radius 1 is 1.55 bits per heavy atom. The lowest BCUT2D eigenvalue weighted by Gasteiger charge is -1.94. The summed E-state index contributed by atoms with van der Waals surface area (Å²) in [6.07, 6.45) is -0.620. The molecule has 6 N–H and O–H groups in total. The minimum atomic E-state index is -4.92. The molecule has 11 heavy (non-hydrogen) atoms. The molecule has 0 aliphatic carbocycles. The predicted molar refractivity (Wildman–Crippen MR) is 33.2 cm³/mol. The van der Waals surface area contributed by atoms with E-state index in [0.29, 0.717) is 6.54 Å². The molecular formula is C3H11NO6S. The number of hydrogen-bond acceptors (Lipinski definition) is 5. The summed E-state index contributed by atoms with van der Waals surface area (Å²) < 4.78 is 32.8. The van der Waals surface area contributed by atoms with Crippen molar-refractivity contribution in [1.82, 2.24) is 0 Å². The van der Waals surface area contributed by atoms with Gasteiger partial charge in [-0.1, -0.05) is 0 Å². The van der Waals surface area contributed by atoms with Gasteiger partial charge in [-0.15, -0.1) is 0 Å². The molecule has 0 aliphatic rings. The van der Waals surface area contributed by atoms with Crippen LogP contribution in [0.1, 0.15) is 0 Å². The summed E-state index contributed by atoms with van der Waals surface area (Å²) in [5.74, 6) is 0. The van der Waals surface area contributed by atoms with Crippen molar-refractivity contribution in [2.24, 2.45) is 0 Å². The highest BCUT2D eigenvalue weighted by Crippen LogP contribution is 1.67. The number of hydrogen-bond donors (Lipinski definition) is 4. The van der Waals surface area contributed by atoms with Crippen LogP contribution in [-0.4, -0.2) is 47.0 Å². The maximum absolute atomic E-state index is 8.63. The summed E-state index contributed by atoms with van der Waals surface area (Å²) in [5.41, 5.74) is 3.35. The summed E-state index contributed by atoms with van der Waals surface area (Å²) in [6.45, 7) is 0.208. The first-order valence-corrected chi connectivity index (χ1v) is 3.94. The lowest BCUT2D eigenvalue weighted by Crippen LogP contribution is -2.56. The van der Waals surface area contributed by atoms with Crippen LogP contribution in [-0.2, 0) is 10.4 Å². The van der Waals surface area contributed by atoms with Gasteiger partial charge in [-0.25, -0.2) is 8.42 Å². The third kappa shape index (κ3) is 41.6. The molecule has 0 aromatic carbocycles. The highest BCUT2D eigenvalue weighted by Gasteiger charge is 1.95. The zero-order chi connectivity index (χ0) is 9.49. The Morgan fingerprint density at radius 3 is 1.82 bits per heavy atom. The molecule has 0 rings (SSSR count). The molecule has 0 aromatic rings. The zero-order valence-electron chi connectivity index (χ0n) is 5.67. The second kappa shape index (κ2) is 6.46. The molecule has 0 saturated heterocycles. The van der Waals surface area contributed by atoms with Crippen LogP contribution in [0.5, 0.6) is 0 Å². The Labute approximate surface area is 64.0 Å². The van der Waals surface area contributed by atoms with Gasteiger partial charge in [0.15, 0.2) is 0 Å². The predicted octanol–water partition coefficient (Wildman–Crippen LogP) is -3.41. The standard InChI is InChI=1S/C3H9NO2.H2O4S/c4-1-3(6)2-5;1-5(2,3)4/h3,5-6H,1-2,4H2;(H2,1,2,3,4). The van der Waals surface area contributed by atoms with Crippen LogP contribution in [0.3, 0.4) is 0 Å². The summed E-state index contributed by atoms with van der Waals surface area (Å²) in [7, 11) is -4.92. The molecule has 0 spiro atoms. The second-order valence-electron chi connectivity index (χ2n) is 1.55. The molecule has 0 aromatic heterocycles. The Bertz CT molecular complexity index is 153. The van der Waals surface area contributed by atoms with E-state index in [-0.39, 0.29) is 6.61 Å². The number of aliphatic hydroxyl groups excluding tert-OH is 2. The molecule has 0 heterocycles. The molecule has 7 nitrogen and oxygen atoms in total. The zero-order valence-corrected chi connectivity index (χ0v) is 6.49. The monoisotopic (exact) mass is 189 g/mol. The Balaban J connectivity index is 0. The third-order valence-electron chi connectivity index (χ3n) is 0.544. The van der Waals surface area contributed by atoms with Gasteiger partial charge in [0, 0.05) is 0 Å². The van der Waals surface area contributed by atoms with Gasteiger partial charge >= 0.3 is 0 Å². The van der Waals surface area contributed by atoms with Crippen molar-refractivity contribution >= 4 is 10.4 Å². The van der Waals surface area contributed by atoms with Gasteiger partial charge in [-0.3, -0.25) is 4.55 Å². The van der Waals surface area contributed by atoms with E-state index in [1.54, 1.807) is 0 Å². The number of rotatable bonds is 2. The van der Waals surface area contributed by atoms with Crippen molar-refractivity contribution in [2.45, 2.75) is 6.10 Å². The molecular weight excluding hydrogens is 178 g/mol. The van der Waals surface area contributed by atoms with Crippen molar-refractivity contribution in [3.8, 4) is 0 Å². The van der Waals surface area contributed by atoms with Crippen LogP contribution in [0.25, 0.3) is 0 Å². The van der Waals surface area contributed by atoms with E-state index in [2.05, 4.69) is 5.73 Å². The lowest BCUT2D eigenvalue weighted by atomic mass is 10.4. The average molecular weight is 189 g/mol. The van der Waals surface area contributed by atoms with Crippen LogP contribution >= 0.6 is 0 Å². The van der Waals surface area contributed by atoms with Crippen molar-refractivity contribution in [1.29, 1.82) is 0 Å². The molecule has 0 bridgehead atoms. The van der Waals surface area contributed by atoms with Gasteiger partial charge in [0.05, 0.1) is 6.61 Å². The molecule has 0 fully saturated rings. The van der Waals surface area contributed by atoms with Crippen LogP contribution in [0.15, 0.2) is 0 Å². The molecule has 70 valence electrons. The minimum absolute atomic E-state index is 0.177. The second-order valence-corrected chi connectivity index (χ2v) is 2.41. The normalized spacial score (nSPS) is 13.2. The van der Waals surface area contributed by atoms with E-state index in [0.717, 1.165) is 0 Å². The Morgan fingerprint density at radius 2 is 1.82 bits per heavy atom. The van der Waals surface area contributed by atoms with E-state index in [9.17, 15) is 0 Å². The smallest absolute Gasteiger partial charge is 0.215 e. The lowest BCUT2D eigenvalue weighted by molar-refractivity contribution is -0.385. The Kier molecular flexibility index (Phi) is 7.84. The average Bonchev–Trinajstić information content (AvgIpc) is 1.83. The SMILES string of the molecule is O=S(=O)([O-])O.[NH3+]CC(O)CO. The van der Waals surface area contributed by atoms with Gasteiger partial charge in [0.25, 0.3) is 0 Å². The van der Waals surface area contributed by atoms with E-state index < -0.39 is 16.5 Å². The third-order valence-corrected chi connectivity index (χ3v) is 0.544. The summed E-state index contributed by atoms with van der Waals surface area (Å²) in [4.78, 5) is 0. The number of aliphatic hydroxyl groups is 2. The summed E-state index contributed by atoms with van der Waals surface area (Å²) in [6, 6.07) is 0. The number of quaternary nitrogens is 1. The largest absolute Gasteiger partial charge is 0.726 e. The molecule has 0 aliphatic heterocycles. The van der Waals surface area contributed by atoms with Crippen molar-refractivity contribution in [3.63, 3.8) is 0 Å². The fourth-order valence-corrected chi connectivity index (χ4v) is 0.0913. The molecule has 8 heteroatoms. The van der Waals surface area contributed by atoms with Crippen molar-refractivity contribution in [3.05, 3.63) is 0 Å². The topological polar surface area (TPSA) is 146 Å². The van der Waals surface area contributed by atoms with E-state index in [1.807, 2.05) is 0 Å². The first kappa shape index (κ1) is 13.3. The van der Waals surface area contributed by atoms with Crippen molar-refractivity contribution < 1.29 is 33.5 Å². The highest BCUT2D eigenvalue weighted by atomic mass is 32.3. The molecule has 0 amide bonds. The van der Waals surface area contributed by atoms with Gasteiger partial charge in [0.2, 0.25) is 10.4 Å². The van der Waals surface area contributed by atoms with Gasteiger partial charge < -0.3 is 20.5 Å². The highest BCUT2D eigenvalue weighted by molar-refractivity contribution is 7.79. The van der Waals surface area contributed by atoms with Gasteiger partial charge in [-0.2, -0.15) is 0 Å². The van der Waals surface area contributed by atoms with Crippen LogP contribution < -0.4 is 5.73 Å². The Hall–Kier alpha value is -0.250. The van der Waals surface area contributed by atoms with E-state index in [1.165, 1.54) is 0 Å². The van der Waals surface area contributed by atoms with Crippen LogP contribution in [0, 0.1) is 0 Å². The quantitative estimate of drug-likeness (QED) is 0.263.